The Hall–Kier alpha value is -1.69. The molecule has 1 aliphatic rings. The Bertz CT molecular complexity index is 845. The zero-order chi connectivity index (χ0) is 19.8. The average molecular weight is 394 g/mol. The van der Waals surface area contributed by atoms with Crippen molar-refractivity contribution in [3.8, 4) is 6.07 Å². The van der Waals surface area contributed by atoms with E-state index in [2.05, 4.69) is 20.8 Å². The van der Waals surface area contributed by atoms with Crippen molar-refractivity contribution in [1.29, 1.82) is 5.26 Å². The molecule has 1 fully saturated rings. The highest BCUT2D eigenvalue weighted by Gasteiger charge is 2.41. The molecular weight excluding hydrogens is 370 g/mol. The molecule has 0 saturated heterocycles. The van der Waals surface area contributed by atoms with Crippen LogP contribution in [0.25, 0.3) is 11.0 Å². The number of aromatic amines is 1. The number of H-pyrrole nitrogens is 1. The van der Waals surface area contributed by atoms with Crippen molar-refractivity contribution in [2.75, 3.05) is 0 Å². The molecule has 0 radical (unpaired) electrons. The smallest absolute Gasteiger partial charge is 0.248 e. The summed E-state index contributed by atoms with van der Waals surface area (Å²) in [5.74, 6) is -2.14. The predicted octanol–water partition coefficient (Wildman–Crippen LogP) is 4.35. The SMILES string of the molecule is CC(C)(C)[S+]([O-])NC(c1nc2ccc(C#N)cc2[nH]1)C1CCC(F)(F)CC1. The molecule has 2 aromatic rings. The van der Waals surface area contributed by atoms with Gasteiger partial charge >= 0.3 is 0 Å². The van der Waals surface area contributed by atoms with E-state index in [0.717, 1.165) is 0 Å². The third kappa shape index (κ3) is 4.60. The highest BCUT2D eigenvalue weighted by Crippen LogP contribution is 2.41. The van der Waals surface area contributed by atoms with Crippen molar-refractivity contribution in [1.82, 2.24) is 14.7 Å². The van der Waals surface area contributed by atoms with E-state index in [-0.39, 0.29) is 18.8 Å². The molecule has 1 saturated carbocycles. The Morgan fingerprint density at radius 3 is 2.63 bits per heavy atom. The minimum Gasteiger partial charge on any atom is -0.598 e. The van der Waals surface area contributed by atoms with Crippen LogP contribution in [-0.2, 0) is 11.4 Å². The molecule has 1 heterocycles. The van der Waals surface area contributed by atoms with Gasteiger partial charge in [-0.25, -0.2) is 13.8 Å². The lowest BCUT2D eigenvalue weighted by atomic mass is 9.82. The first kappa shape index (κ1) is 20.1. The molecule has 8 heteroatoms. The Morgan fingerprint density at radius 1 is 1.37 bits per heavy atom. The molecule has 146 valence electrons. The molecule has 27 heavy (non-hydrogen) atoms. The summed E-state index contributed by atoms with van der Waals surface area (Å²) in [7, 11) is 0. The van der Waals surface area contributed by atoms with E-state index < -0.39 is 28.1 Å². The first-order chi connectivity index (χ1) is 12.6. The second-order valence-electron chi connectivity index (χ2n) is 8.14. The van der Waals surface area contributed by atoms with Crippen LogP contribution in [0.2, 0.25) is 0 Å². The van der Waals surface area contributed by atoms with Gasteiger partial charge in [-0.3, -0.25) is 0 Å². The van der Waals surface area contributed by atoms with Gasteiger partial charge < -0.3 is 9.54 Å². The van der Waals surface area contributed by atoms with E-state index >= 15 is 0 Å². The van der Waals surface area contributed by atoms with Crippen molar-refractivity contribution >= 4 is 22.4 Å². The number of nitrogens with one attached hydrogen (secondary N) is 2. The van der Waals surface area contributed by atoms with Crippen molar-refractivity contribution in [2.45, 2.75) is 63.2 Å². The maximum Gasteiger partial charge on any atom is 0.248 e. The third-order valence-electron chi connectivity index (χ3n) is 4.95. The molecule has 2 atom stereocenters. The summed E-state index contributed by atoms with van der Waals surface area (Å²) >= 11 is -1.37. The van der Waals surface area contributed by atoms with Crippen LogP contribution >= 0.6 is 0 Å². The molecule has 0 spiro atoms. The first-order valence-electron chi connectivity index (χ1n) is 9.05. The Balaban J connectivity index is 1.93. The Labute approximate surface area is 160 Å². The maximum absolute atomic E-state index is 13.6. The first-order valence-corrected chi connectivity index (χ1v) is 10.2. The van der Waals surface area contributed by atoms with Gasteiger partial charge in [-0.05, 0) is 57.7 Å². The summed E-state index contributed by atoms with van der Waals surface area (Å²) in [6.07, 6.45) is 0.340. The topological polar surface area (TPSA) is 87.6 Å². The number of halogens is 2. The highest BCUT2D eigenvalue weighted by atomic mass is 32.2. The molecule has 2 unspecified atom stereocenters. The summed E-state index contributed by atoms with van der Waals surface area (Å²) in [6.45, 7) is 5.58. The van der Waals surface area contributed by atoms with Gasteiger partial charge in [-0.1, -0.05) is 0 Å². The number of nitrogens with zero attached hydrogens (tertiary/aromatic N) is 2. The molecule has 0 bridgehead atoms. The van der Waals surface area contributed by atoms with Gasteiger partial charge in [0.2, 0.25) is 5.92 Å². The quantitative estimate of drug-likeness (QED) is 0.755. The Morgan fingerprint density at radius 2 is 2.04 bits per heavy atom. The lowest BCUT2D eigenvalue weighted by Gasteiger charge is -2.35. The molecular formula is C19H24F2N4OS. The minimum absolute atomic E-state index is 0.0908. The van der Waals surface area contributed by atoms with Crippen molar-refractivity contribution in [3.05, 3.63) is 29.6 Å². The van der Waals surface area contributed by atoms with Gasteiger partial charge in [0.25, 0.3) is 0 Å². The number of imidazole rings is 1. The fraction of sp³-hybridized carbons (Fsp3) is 0.579. The van der Waals surface area contributed by atoms with Crippen LogP contribution < -0.4 is 4.72 Å². The van der Waals surface area contributed by atoms with Crippen molar-refractivity contribution in [3.63, 3.8) is 0 Å². The summed E-state index contributed by atoms with van der Waals surface area (Å²) in [5.41, 5.74) is 1.91. The van der Waals surface area contributed by atoms with Crippen molar-refractivity contribution < 1.29 is 13.3 Å². The summed E-state index contributed by atoms with van der Waals surface area (Å²) in [4.78, 5) is 7.78. The third-order valence-corrected chi connectivity index (χ3v) is 6.53. The van der Waals surface area contributed by atoms with Crippen LogP contribution in [0, 0.1) is 17.2 Å². The standard InChI is InChI=1S/C19H24F2N4OS/c1-18(2,3)27(26)25-16(13-6-8-19(20,21)9-7-13)17-23-14-5-4-12(11-22)10-15(14)24-17/h4-5,10,13,16,25H,6-9H2,1-3H3,(H,23,24). The highest BCUT2D eigenvalue weighted by molar-refractivity contribution is 7.90. The van der Waals surface area contributed by atoms with Gasteiger partial charge in [0.05, 0.1) is 22.7 Å². The number of benzene rings is 1. The fourth-order valence-corrected chi connectivity index (χ4v) is 4.20. The van der Waals surface area contributed by atoms with Crippen molar-refractivity contribution in [2.24, 2.45) is 5.92 Å². The number of rotatable bonds is 4. The number of nitriles is 1. The number of hydrogen-bond acceptors (Lipinski definition) is 4. The van der Waals surface area contributed by atoms with Crippen LogP contribution in [0.5, 0.6) is 0 Å². The fourth-order valence-electron chi connectivity index (χ4n) is 3.31. The predicted molar refractivity (Wildman–Crippen MR) is 101 cm³/mol. The van der Waals surface area contributed by atoms with Gasteiger partial charge in [-0.2, -0.15) is 5.26 Å². The molecule has 0 amide bonds. The molecule has 1 aliphatic carbocycles. The van der Waals surface area contributed by atoms with E-state index in [1.165, 1.54) is 0 Å². The monoisotopic (exact) mass is 394 g/mol. The molecule has 1 aromatic carbocycles. The molecule has 5 nitrogen and oxygen atoms in total. The van der Waals surface area contributed by atoms with Gasteiger partial charge in [0, 0.05) is 24.2 Å². The molecule has 1 aromatic heterocycles. The molecule has 0 aliphatic heterocycles. The second kappa shape index (κ2) is 7.38. The number of alkyl halides is 2. The van der Waals surface area contributed by atoms with Gasteiger partial charge in [0.15, 0.2) is 0 Å². The normalized spacial score (nSPS) is 20.3. The lowest BCUT2D eigenvalue weighted by molar-refractivity contribution is -0.0492. The van der Waals surface area contributed by atoms with Crippen LogP contribution in [0.3, 0.4) is 0 Å². The zero-order valence-corrected chi connectivity index (χ0v) is 16.5. The van der Waals surface area contributed by atoms with E-state index in [1.54, 1.807) is 18.2 Å². The summed E-state index contributed by atoms with van der Waals surface area (Å²) < 4.78 is 42.6. The van der Waals surface area contributed by atoms with Crippen LogP contribution in [0.15, 0.2) is 18.2 Å². The van der Waals surface area contributed by atoms with E-state index in [0.29, 0.717) is 35.3 Å². The van der Waals surface area contributed by atoms with Crippen LogP contribution in [0.1, 0.15) is 63.9 Å². The number of fused-ring (bicyclic) bond motifs is 1. The van der Waals surface area contributed by atoms with Crippen LogP contribution in [-0.4, -0.2) is 25.2 Å². The van der Waals surface area contributed by atoms with Gasteiger partial charge in [-0.15, -0.1) is 4.72 Å². The van der Waals surface area contributed by atoms with Crippen LogP contribution in [0.4, 0.5) is 8.78 Å². The van der Waals surface area contributed by atoms with Gasteiger partial charge in [0.1, 0.15) is 16.6 Å². The zero-order valence-electron chi connectivity index (χ0n) is 15.7. The number of aromatic nitrogens is 2. The summed E-state index contributed by atoms with van der Waals surface area (Å²) in [5, 5.41) is 9.07. The number of hydrogen-bond donors (Lipinski definition) is 2. The van der Waals surface area contributed by atoms with E-state index in [4.69, 9.17) is 5.26 Å². The molecule has 2 N–H and O–H groups in total. The average Bonchev–Trinajstić information content (AvgIpc) is 3.01. The second-order valence-corrected chi connectivity index (χ2v) is 10.1. The lowest BCUT2D eigenvalue weighted by Crippen LogP contribution is -2.44. The van der Waals surface area contributed by atoms with E-state index in [1.807, 2.05) is 20.8 Å². The summed E-state index contributed by atoms with van der Waals surface area (Å²) in [6, 6.07) is 6.81. The molecule has 3 rings (SSSR count). The largest absolute Gasteiger partial charge is 0.598 e. The van der Waals surface area contributed by atoms with E-state index in [9.17, 15) is 13.3 Å². The maximum atomic E-state index is 13.6. The minimum atomic E-state index is -2.63. The Kier molecular flexibility index (Phi) is 5.48.